The number of rotatable bonds is 0. The Morgan fingerprint density at radius 3 is 1.43 bits per heavy atom. The monoisotopic (exact) mass is 102 g/mol. The third-order valence-corrected chi connectivity index (χ3v) is 1.48. The summed E-state index contributed by atoms with van der Waals surface area (Å²) in [5.74, 6) is 0. The SMILES string of the molecule is C[C@H]([NH3+])C(C)(C)C. The minimum absolute atomic E-state index is 0.389. The van der Waals surface area contributed by atoms with E-state index in [-0.39, 0.29) is 0 Å². The zero-order chi connectivity index (χ0) is 6.08. The fraction of sp³-hybridized carbons (Fsp3) is 1.00. The molecule has 0 fully saturated rings. The van der Waals surface area contributed by atoms with Crippen molar-refractivity contribution in [2.75, 3.05) is 0 Å². The maximum absolute atomic E-state index is 3.91. The molecule has 0 saturated carbocycles. The molecule has 0 rings (SSSR count). The average Bonchev–Trinajstić information content (AvgIpc) is 1.31. The van der Waals surface area contributed by atoms with Crippen molar-refractivity contribution >= 4 is 0 Å². The first kappa shape index (κ1) is 6.96. The molecule has 0 unspecified atom stereocenters. The standard InChI is InChI=1S/C6H15N/c1-5(7)6(2,3)4/h5H,7H2,1-4H3/p+1/t5-/m0/s1. The molecule has 1 heteroatoms. The summed E-state index contributed by atoms with van der Waals surface area (Å²) < 4.78 is 0. The first-order valence-electron chi connectivity index (χ1n) is 2.77. The Kier molecular flexibility index (Phi) is 1.82. The first-order chi connectivity index (χ1) is 2.94. The molecule has 0 spiro atoms. The summed E-state index contributed by atoms with van der Waals surface area (Å²) in [5.41, 5.74) is 4.30. The molecule has 7 heavy (non-hydrogen) atoms. The van der Waals surface area contributed by atoms with Crippen molar-refractivity contribution in [2.24, 2.45) is 5.41 Å². The van der Waals surface area contributed by atoms with Gasteiger partial charge in [-0.15, -0.1) is 0 Å². The quantitative estimate of drug-likeness (QED) is 0.465. The fourth-order valence-corrected chi connectivity index (χ4v) is 0. The maximum Gasteiger partial charge on any atom is 0.0863 e. The summed E-state index contributed by atoms with van der Waals surface area (Å²) in [6.07, 6.45) is 0. The van der Waals surface area contributed by atoms with Gasteiger partial charge in [-0.3, -0.25) is 0 Å². The molecule has 0 radical (unpaired) electrons. The molecule has 0 aliphatic heterocycles. The van der Waals surface area contributed by atoms with Crippen LogP contribution in [0.4, 0.5) is 0 Å². The van der Waals surface area contributed by atoms with E-state index < -0.39 is 0 Å². The van der Waals surface area contributed by atoms with Gasteiger partial charge < -0.3 is 5.73 Å². The van der Waals surface area contributed by atoms with Crippen molar-refractivity contribution in [1.29, 1.82) is 0 Å². The Hall–Kier alpha value is -0.0400. The highest BCUT2D eigenvalue weighted by Crippen LogP contribution is 2.14. The van der Waals surface area contributed by atoms with Crippen LogP contribution in [0.1, 0.15) is 27.7 Å². The zero-order valence-electron chi connectivity index (χ0n) is 5.78. The molecule has 0 saturated heterocycles. The van der Waals surface area contributed by atoms with E-state index in [0.29, 0.717) is 11.5 Å². The third kappa shape index (κ3) is 2.63. The summed E-state index contributed by atoms with van der Waals surface area (Å²) in [4.78, 5) is 0. The summed E-state index contributed by atoms with van der Waals surface area (Å²) in [6, 6.07) is 0.549. The van der Waals surface area contributed by atoms with Crippen molar-refractivity contribution in [2.45, 2.75) is 33.7 Å². The second-order valence-corrected chi connectivity index (χ2v) is 3.27. The van der Waals surface area contributed by atoms with Crippen LogP contribution in [0.2, 0.25) is 0 Å². The minimum atomic E-state index is 0.389. The Labute approximate surface area is 45.9 Å². The van der Waals surface area contributed by atoms with Gasteiger partial charge >= 0.3 is 0 Å². The number of hydrogen-bond acceptors (Lipinski definition) is 0. The van der Waals surface area contributed by atoms with Gasteiger partial charge in [0.05, 0.1) is 6.04 Å². The number of hydrogen-bond donors (Lipinski definition) is 1. The summed E-state index contributed by atoms with van der Waals surface area (Å²) in [5, 5.41) is 0. The molecule has 1 nitrogen and oxygen atoms in total. The van der Waals surface area contributed by atoms with E-state index in [0.717, 1.165) is 0 Å². The van der Waals surface area contributed by atoms with Gasteiger partial charge in [0.25, 0.3) is 0 Å². The summed E-state index contributed by atoms with van der Waals surface area (Å²) >= 11 is 0. The van der Waals surface area contributed by atoms with Gasteiger partial charge in [0.15, 0.2) is 0 Å². The molecular weight excluding hydrogens is 86.1 g/mol. The predicted molar refractivity (Wildman–Crippen MR) is 31.8 cm³/mol. The predicted octanol–water partition coefficient (Wildman–Crippen LogP) is 0.663. The van der Waals surface area contributed by atoms with Gasteiger partial charge in [-0.1, -0.05) is 20.8 Å². The highest BCUT2D eigenvalue weighted by Gasteiger charge is 2.17. The van der Waals surface area contributed by atoms with E-state index in [4.69, 9.17) is 0 Å². The fourth-order valence-electron chi connectivity index (χ4n) is 0. The summed E-state index contributed by atoms with van der Waals surface area (Å²) in [7, 11) is 0. The zero-order valence-corrected chi connectivity index (χ0v) is 5.78. The molecular formula is C6H16N+. The molecule has 0 aromatic carbocycles. The molecule has 0 aromatic heterocycles. The Morgan fingerprint density at radius 1 is 1.29 bits per heavy atom. The van der Waals surface area contributed by atoms with E-state index in [1.165, 1.54) is 0 Å². The van der Waals surface area contributed by atoms with Gasteiger partial charge in [-0.25, -0.2) is 0 Å². The van der Waals surface area contributed by atoms with Gasteiger partial charge in [0, 0.05) is 5.41 Å². The molecule has 0 aliphatic rings. The molecule has 0 amide bonds. The smallest absolute Gasteiger partial charge is 0.0863 e. The van der Waals surface area contributed by atoms with Crippen molar-refractivity contribution in [3.05, 3.63) is 0 Å². The van der Waals surface area contributed by atoms with Gasteiger partial charge in [-0.05, 0) is 6.92 Å². The third-order valence-electron chi connectivity index (χ3n) is 1.48. The van der Waals surface area contributed by atoms with E-state index >= 15 is 0 Å². The molecule has 3 N–H and O–H groups in total. The maximum atomic E-state index is 3.91. The highest BCUT2D eigenvalue weighted by atomic mass is 14.6. The Bertz CT molecular complexity index is 49.7. The van der Waals surface area contributed by atoms with E-state index in [2.05, 4.69) is 33.4 Å². The van der Waals surface area contributed by atoms with Crippen LogP contribution in [0.25, 0.3) is 0 Å². The second-order valence-electron chi connectivity index (χ2n) is 3.27. The lowest BCUT2D eigenvalue weighted by atomic mass is 9.89. The largest absolute Gasteiger partial charge is 0.355 e. The van der Waals surface area contributed by atoms with Crippen molar-refractivity contribution in [1.82, 2.24) is 0 Å². The van der Waals surface area contributed by atoms with E-state index in [9.17, 15) is 0 Å². The molecule has 0 aliphatic carbocycles. The van der Waals surface area contributed by atoms with E-state index in [1.54, 1.807) is 0 Å². The van der Waals surface area contributed by atoms with E-state index in [1.807, 2.05) is 0 Å². The van der Waals surface area contributed by atoms with Crippen LogP contribution in [0.3, 0.4) is 0 Å². The molecule has 0 bridgehead atoms. The van der Waals surface area contributed by atoms with Crippen molar-refractivity contribution < 1.29 is 5.73 Å². The lowest BCUT2D eigenvalue weighted by molar-refractivity contribution is -0.437. The Balaban J connectivity index is 3.54. The van der Waals surface area contributed by atoms with Crippen molar-refractivity contribution in [3.63, 3.8) is 0 Å². The minimum Gasteiger partial charge on any atom is -0.355 e. The van der Waals surface area contributed by atoms with Gasteiger partial charge in [0.1, 0.15) is 0 Å². The van der Waals surface area contributed by atoms with Crippen LogP contribution in [-0.4, -0.2) is 6.04 Å². The topological polar surface area (TPSA) is 27.6 Å². The van der Waals surface area contributed by atoms with Crippen LogP contribution in [0.5, 0.6) is 0 Å². The lowest BCUT2D eigenvalue weighted by Crippen LogP contribution is -2.64. The first-order valence-corrected chi connectivity index (χ1v) is 2.77. The van der Waals surface area contributed by atoms with Crippen LogP contribution in [0, 0.1) is 5.41 Å². The Morgan fingerprint density at radius 2 is 1.43 bits per heavy atom. The van der Waals surface area contributed by atoms with Gasteiger partial charge in [-0.2, -0.15) is 0 Å². The van der Waals surface area contributed by atoms with Crippen LogP contribution in [-0.2, 0) is 0 Å². The van der Waals surface area contributed by atoms with Crippen LogP contribution in [0.15, 0.2) is 0 Å². The molecule has 0 aromatic rings. The number of quaternary nitrogens is 1. The normalized spacial score (nSPS) is 16.7. The second kappa shape index (κ2) is 1.83. The molecule has 1 atom stereocenters. The van der Waals surface area contributed by atoms with Crippen LogP contribution >= 0.6 is 0 Å². The highest BCUT2D eigenvalue weighted by molar-refractivity contribution is 4.65. The summed E-state index contributed by atoms with van der Waals surface area (Å²) in [6.45, 7) is 8.74. The molecule has 44 valence electrons. The average molecular weight is 102 g/mol. The van der Waals surface area contributed by atoms with Gasteiger partial charge in [0.2, 0.25) is 0 Å². The lowest BCUT2D eigenvalue weighted by Gasteiger charge is -2.18. The van der Waals surface area contributed by atoms with Crippen molar-refractivity contribution in [3.8, 4) is 0 Å². The van der Waals surface area contributed by atoms with Crippen LogP contribution < -0.4 is 5.73 Å². The molecule has 0 heterocycles.